The Morgan fingerprint density at radius 3 is 2.52 bits per heavy atom. The molecule has 0 aliphatic carbocycles. The number of carbonyl (C=O) groups excluding carboxylic acids is 1. The lowest BCUT2D eigenvalue weighted by atomic mass is 10.1. The number of anilines is 1. The number of alkyl halides is 3. The molecular weight excluding hydrogens is 405 g/mol. The van der Waals surface area contributed by atoms with Gasteiger partial charge in [-0.3, -0.25) is 9.78 Å². The van der Waals surface area contributed by atoms with E-state index in [1.165, 1.54) is 42.7 Å². The van der Waals surface area contributed by atoms with E-state index in [-0.39, 0.29) is 16.1 Å². The Morgan fingerprint density at radius 2 is 1.86 bits per heavy atom. The number of carbonyl (C=O) groups is 2. The Labute approximate surface area is 167 Å². The van der Waals surface area contributed by atoms with E-state index in [2.05, 4.69) is 10.3 Å². The highest BCUT2D eigenvalue weighted by Crippen LogP contribution is 2.43. The van der Waals surface area contributed by atoms with Gasteiger partial charge in [0.05, 0.1) is 10.6 Å². The average molecular weight is 418 g/mol. The van der Waals surface area contributed by atoms with Crippen molar-refractivity contribution in [2.24, 2.45) is 0 Å². The summed E-state index contributed by atoms with van der Waals surface area (Å²) in [5.41, 5.74) is 0.808. The number of nitrogens with one attached hydrogen (secondary N) is 1. The summed E-state index contributed by atoms with van der Waals surface area (Å²) in [4.78, 5) is 26.2. The van der Waals surface area contributed by atoms with Crippen LogP contribution in [0, 0.1) is 0 Å². The summed E-state index contributed by atoms with van der Waals surface area (Å²) in [6, 6.07) is 10.6. The molecule has 2 N–H and O–H groups in total. The highest BCUT2D eigenvalue weighted by Gasteiger charge is 2.37. The van der Waals surface area contributed by atoms with E-state index < -0.39 is 22.9 Å². The van der Waals surface area contributed by atoms with Gasteiger partial charge in [-0.1, -0.05) is 30.3 Å². The van der Waals surface area contributed by atoms with E-state index in [9.17, 15) is 22.8 Å². The lowest BCUT2D eigenvalue weighted by Crippen LogP contribution is -2.11. The summed E-state index contributed by atoms with van der Waals surface area (Å²) in [5, 5.41) is 11.3. The zero-order valence-electron chi connectivity index (χ0n) is 14.6. The molecule has 29 heavy (non-hydrogen) atoms. The second kappa shape index (κ2) is 8.27. The number of pyridine rings is 1. The molecule has 5 nitrogen and oxygen atoms in total. The largest absolute Gasteiger partial charge is 0.478 e. The van der Waals surface area contributed by atoms with Crippen molar-refractivity contribution in [2.75, 3.05) is 5.32 Å². The van der Waals surface area contributed by atoms with Gasteiger partial charge in [-0.25, -0.2) is 4.79 Å². The Kier molecular flexibility index (Phi) is 5.79. The van der Waals surface area contributed by atoms with Crippen molar-refractivity contribution in [2.45, 2.75) is 6.18 Å². The van der Waals surface area contributed by atoms with Gasteiger partial charge in [0.1, 0.15) is 4.88 Å². The quantitative estimate of drug-likeness (QED) is 0.560. The van der Waals surface area contributed by atoms with Crippen LogP contribution in [0.1, 0.15) is 20.1 Å². The number of halogens is 3. The molecule has 1 amide bonds. The predicted octanol–water partition coefficient (Wildman–Crippen LogP) is 5.18. The van der Waals surface area contributed by atoms with Gasteiger partial charge in [0.15, 0.2) is 0 Å². The molecule has 0 aliphatic rings. The second-order valence-electron chi connectivity index (χ2n) is 5.81. The van der Waals surface area contributed by atoms with Crippen LogP contribution >= 0.6 is 11.3 Å². The van der Waals surface area contributed by atoms with Crippen molar-refractivity contribution < 1.29 is 27.9 Å². The monoisotopic (exact) mass is 418 g/mol. The zero-order chi connectivity index (χ0) is 21.0. The van der Waals surface area contributed by atoms with Crippen LogP contribution in [0.5, 0.6) is 0 Å². The maximum absolute atomic E-state index is 13.5. The van der Waals surface area contributed by atoms with Crippen molar-refractivity contribution in [1.29, 1.82) is 0 Å². The molecule has 0 aliphatic heterocycles. The van der Waals surface area contributed by atoms with Gasteiger partial charge in [-0.2, -0.15) is 13.2 Å². The first-order valence-corrected chi connectivity index (χ1v) is 9.00. The number of hydrogen-bond donors (Lipinski definition) is 2. The number of amides is 1. The summed E-state index contributed by atoms with van der Waals surface area (Å²) in [7, 11) is 0. The van der Waals surface area contributed by atoms with E-state index in [1.54, 1.807) is 18.2 Å². The van der Waals surface area contributed by atoms with Gasteiger partial charge in [-0.05, 0) is 23.8 Å². The fourth-order valence-corrected chi connectivity index (χ4v) is 3.49. The SMILES string of the molecule is O=C(O)C=Cc1cnccc1NC(=O)c1cc(-c2ccccc2)c(C(F)(F)F)s1. The molecule has 9 heteroatoms. The average Bonchev–Trinajstić information content (AvgIpc) is 3.14. The lowest BCUT2D eigenvalue weighted by Gasteiger charge is -2.07. The third-order valence-electron chi connectivity index (χ3n) is 3.80. The number of aliphatic carboxylic acids is 1. The fraction of sp³-hybridized carbons (Fsp3) is 0.0500. The number of thiophene rings is 1. The van der Waals surface area contributed by atoms with Crippen LogP contribution in [-0.2, 0) is 11.0 Å². The maximum Gasteiger partial charge on any atom is 0.426 e. The van der Waals surface area contributed by atoms with Crippen LogP contribution in [0.25, 0.3) is 17.2 Å². The zero-order valence-corrected chi connectivity index (χ0v) is 15.4. The topological polar surface area (TPSA) is 79.3 Å². The van der Waals surface area contributed by atoms with Gasteiger partial charge < -0.3 is 10.4 Å². The summed E-state index contributed by atoms with van der Waals surface area (Å²) < 4.78 is 40.5. The summed E-state index contributed by atoms with van der Waals surface area (Å²) in [6.45, 7) is 0. The third-order valence-corrected chi connectivity index (χ3v) is 4.98. The third kappa shape index (κ3) is 4.88. The summed E-state index contributed by atoms with van der Waals surface area (Å²) >= 11 is 0.348. The van der Waals surface area contributed by atoms with E-state index in [0.29, 0.717) is 22.5 Å². The first-order valence-electron chi connectivity index (χ1n) is 8.18. The number of carboxylic acid groups (broad SMARTS) is 1. The molecule has 0 atom stereocenters. The minimum absolute atomic E-state index is 0.0750. The normalized spacial score (nSPS) is 11.6. The van der Waals surface area contributed by atoms with Crippen molar-refractivity contribution >= 4 is 35.0 Å². The second-order valence-corrected chi connectivity index (χ2v) is 6.86. The van der Waals surface area contributed by atoms with E-state index in [1.807, 2.05) is 0 Å². The first-order chi connectivity index (χ1) is 13.8. The van der Waals surface area contributed by atoms with Crippen LogP contribution in [0.4, 0.5) is 18.9 Å². The maximum atomic E-state index is 13.5. The molecule has 0 saturated carbocycles. The minimum atomic E-state index is -4.61. The molecule has 2 heterocycles. The molecule has 0 spiro atoms. The van der Waals surface area contributed by atoms with Crippen molar-refractivity contribution in [1.82, 2.24) is 4.98 Å². The summed E-state index contributed by atoms with van der Waals surface area (Å²) in [5.74, 6) is -1.93. The van der Waals surface area contributed by atoms with E-state index >= 15 is 0 Å². The summed E-state index contributed by atoms with van der Waals surface area (Å²) in [6.07, 6.45) is 0.197. The van der Waals surface area contributed by atoms with Gasteiger partial charge in [0.2, 0.25) is 0 Å². The van der Waals surface area contributed by atoms with Crippen molar-refractivity contribution in [3.63, 3.8) is 0 Å². The number of benzene rings is 1. The van der Waals surface area contributed by atoms with Gasteiger partial charge >= 0.3 is 12.1 Å². The van der Waals surface area contributed by atoms with Crippen molar-refractivity contribution in [3.8, 4) is 11.1 Å². The smallest absolute Gasteiger partial charge is 0.426 e. The Bertz CT molecular complexity index is 1080. The van der Waals surface area contributed by atoms with Crippen LogP contribution in [-0.4, -0.2) is 22.0 Å². The highest BCUT2D eigenvalue weighted by atomic mass is 32.1. The van der Waals surface area contributed by atoms with Gasteiger partial charge in [0, 0.05) is 29.6 Å². The fourth-order valence-electron chi connectivity index (χ4n) is 2.54. The number of hydrogen-bond acceptors (Lipinski definition) is 4. The van der Waals surface area contributed by atoms with Crippen molar-refractivity contribution in [3.05, 3.63) is 76.3 Å². The molecule has 0 fully saturated rings. The molecular formula is C20H13F3N2O3S. The van der Waals surface area contributed by atoms with Crippen LogP contribution in [0.2, 0.25) is 0 Å². The molecule has 3 rings (SSSR count). The molecule has 3 aromatic rings. The molecule has 0 radical (unpaired) electrons. The molecule has 2 aromatic heterocycles. The van der Waals surface area contributed by atoms with E-state index in [0.717, 1.165) is 6.08 Å². The Morgan fingerprint density at radius 1 is 1.14 bits per heavy atom. The standard InChI is InChI=1S/C20H13F3N2O3S/c21-20(22,23)18-14(12-4-2-1-3-5-12)10-16(29-18)19(28)25-15-8-9-24-11-13(15)6-7-17(26)27/h1-11H,(H,26,27)(H,24,25,28). The molecule has 0 saturated heterocycles. The predicted molar refractivity (Wildman–Crippen MR) is 104 cm³/mol. The lowest BCUT2D eigenvalue weighted by molar-refractivity contribution is -0.134. The first kappa shape index (κ1) is 20.3. The van der Waals surface area contributed by atoms with Crippen LogP contribution < -0.4 is 5.32 Å². The Hall–Kier alpha value is -3.46. The molecule has 148 valence electrons. The Balaban J connectivity index is 1.95. The van der Waals surface area contributed by atoms with Gasteiger partial charge in [-0.15, -0.1) is 11.3 Å². The minimum Gasteiger partial charge on any atom is -0.478 e. The van der Waals surface area contributed by atoms with E-state index in [4.69, 9.17) is 5.11 Å². The van der Waals surface area contributed by atoms with Gasteiger partial charge in [0.25, 0.3) is 5.91 Å². The van der Waals surface area contributed by atoms with Crippen LogP contribution in [0.15, 0.2) is 60.9 Å². The number of rotatable bonds is 5. The number of nitrogens with zero attached hydrogens (tertiary/aromatic N) is 1. The van der Waals surface area contributed by atoms with Crippen LogP contribution in [0.3, 0.4) is 0 Å². The highest BCUT2D eigenvalue weighted by molar-refractivity contribution is 7.14. The molecule has 0 unspecified atom stereocenters. The number of aromatic nitrogens is 1. The number of carboxylic acids is 1. The molecule has 0 bridgehead atoms. The molecule has 1 aromatic carbocycles.